The van der Waals surface area contributed by atoms with Crippen molar-refractivity contribution in [3.05, 3.63) is 58.9 Å². The molecule has 1 fully saturated rings. The van der Waals surface area contributed by atoms with Gasteiger partial charge in [-0.25, -0.2) is 4.98 Å². The molecule has 2 heterocycles. The van der Waals surface area contributed by atoms with E-state index in [1.165, 1.54) is 0 Å². The van der Waals surface area contributed by atoms with Crippen molar-refractivity contribution in [3.63, 3.8) is 0 Å². The first-order valence-corrected chi connectivity index (χ1v) is 8.75. The number of hydrogen-bond acceptors (Lipinski definition) is 3. The molecule has 5 nitrogen and oxygen atoms in total. The number of rotatable bonds is 2. The number of H-pyrrole nitrogens is 1. The molecule has 0 saturated carbocycles. The van der Waals surface area contributed by atoms with Crippen LogP contribution in [0.25, 0.3) is 11.0 Å². The number of nitrogens with one attached hydrogen (secondary N) is 1. The van der Waals surface area contributed by atoms with Gasteiger partial charge in [0, 0.05) is 31.9 Å². The van der Waals surface area contributed by atoms with Crippen molar-refractivity contribution in [1.29, 1.82) is 0 Å². The van der Waals surface area contributed by atoms with Crippen LogP contribution in [0.3, 0.4) is 0 Å². The fourth-order valence-corrected chi connectivity index (χ4v) is 3.51. The third-order valence-corrected chi connectivity index (χ3v) is 4.95. The van der Waals surface area contributed by atoms with Gasteiger partial charge in [-0.05, 0) is 37.3 Å². The number of amides is 1. The number of fused-ring (bicyclic) bond motifs is 1. The van der Waals surface area contributed by atoms with Gasteiger partial charge in [0.2, 0.25) is 0 Å². The first kappa shape index (κ1) is 16.0. The van der Waals surface area contributed by atoms with Crippen molar-refractivity contribution >= 4 is 34.2 Å². The lowest BCUT2D eigenvalue weighted by Crippen LogP contribution is -2.48. The summed E-state index contributed by atoms with van der Waals surface area (Å²) in [7, 11) is 0. The molecule has 0 spiro atoms. The van der Waals surface area contributed by atoms with E-state index in [2.05, 4.69) is 27.0 Å². The van der Waals surface area contributed by atoms with Gasteiger partial charge < -0.3 is 14.8 Å². The highest BCUT2D eigenvalue weighted by Crippen LogP contribution is 2.23. The van der Waals surface area contributed by atoms with Gasteiger partial charge in [-0.3, -0.25) is 4.79 Å². The van der Waals surface area contributed by atoms with Crippen LogP contribution >= 0.6 is 11.6 Å². The number of hydrogen-bond donors (Lipinski definition) is 1. The van der Waals surface area contributed by atoms with Crippen molar-refractivity contribution in [1.82, 2.24) is 14.9 Å². The van der Waals surface area contributed by atoms with Gasteiger partial charge in [-0.1, -0.05) is 23.7 Å². The van der Waals surface area contributed by atoms with Crippen LogP contribution < -0.4 is 4.90 Å². The van der Waals surface area contributed by atoms with E-state index in [0.717, 1.165) is 35.6 Å². The molecule has 6 heteroatoms. The predicted octanol–water partition coefficient (Wildman–Crippen LogP) is 3.49. The molecule has 0 bridgehead atoms. The zero-order chi connectivity index (χ0) is 17.4. The summed E-state index contributed by atoms with van der Waals surface area (Å²) in [5.41, 5.74) is 3.76. The van der Waals surface area contributed by atoms with E-state index < -0.39 is 0 Å². The van der Waals surface area contributed by atoms with Crippen LogP contribution in [0.4, 0.5) is 5.69 Å². The Balaban J connectivity index is 1.47. The number of halogens is 1. The second-order valence-electron chi connectivity index (χ2n) is 6.28. The van der Waals surface area contributed by atoms with Crippen LogP contribution in [0.5, 0.6) is 0 Å². The molecular formula is C19H19ClN4O. The van der Waals surface area contributed by atoms with Gasteiger partial charge in [0.1, 0.15) is 5.82 Å². The third kappa shape index (κ3) is 3.07. The maximum Gasteiger partial charge on any atom is 0.255 e. The fraction of sp³-hybridized carbons (Fsp3) is 0.263. The molecule has 25 heavy (non-hydrogen) atoms. The van der Waals surface area contributed by atoms with E-state index in [1.807, 2.05) is 30.0 Å². The molecule has 0 aliphatic carbocycles. The maximum atomic E-state index is 12.7. The zero-order valence-electron chi connectivity index (χ0n) is 14.0. The number of imidazole rings is 1. The summed E-state index contributed by atoms with van der Waals surface area (Å²) >= 11 is 6.15. The summed E-state index contributed by atoms with van der Waals surface area (Å²) in [6.07, 6.45) is 0. The average Bonchev–Trinajstić information content (AvgIpc) is 3.01. The zero-order valence-corrected chi connectivity index (χ0v) is 14.8. The second kappa shape index (κ2) is 6.41. The van der Waals surface area contributed by atoms with Gasteiger partial charge in [0.05, 0.1) is 21.6 Å². The van der Waals surface area contributed by atoms with E-state index in [1.54, 1.807) is 12.1 Å². The number of aryl methyl sites for hydroxylation is 1. The first-order chi connectivity index (χ1) is 12.1. The highest BCUT2D eigenvalue weighted by atomic mass is 35.5. The van der Waals surface area contributed by atoms with Crippen LogP contribution in [-0.2, 0) is 0 Å². The molecule has 0 atom stereocenters. The Bertz CT molecular complexity index is 928. The van der Waals surface area contributed by atoms with E-state index >= 15 is 0 Å². The molecule has 0 unspecified atom stereocenters. The maximum absolute atomic E-state index is 12.7. The van der Waals surface area contributed by atoms with Crippen molar-refractivity contribution < 1.29 is 4.79 Å². The van der Waals surface area contributed by atoms with E-state index in [-0.39, 0.29) is 5.91 Å². The lowest BCUT2D eigenvalue weighted by atomic mass is 10.1. The molecule has 3 aromatic rings. The van der Waals surface area contributed by atoms with Crippen molar-refractivity contribution in [2.75, 3.05) is 31.1 Å². The lowest BCUT2D eigenvalue weighted by Gasteiger charge is -2.36. The third-order valence-electron chi connectivity index (χ3n) is 4.62. The molecule has 1 aliphatic rings. The van der Waals surface area contributed by atoms with E-state index in [0.29, 0.717) is 23.7 Å². The Labute approximate surface area is 151 Å². The van der Waals surface area contributed by atoms with Crippen LogP contribution in [-0.4, -0.2) is 47.0 Å². The van der Waals surface area contributed by atoms with Crippen molar-refractivity contribution in [2.45, 2.75) is 6.92 Å². The first-order valence-electron chi connectivity index (χ1n) is 8.37. The van der Waals surface area contributed by atoms with Gasteiger partial charge in [0.15, 0.2) is 0 Å². The Morgan fingerprint density at radius 1 is 1.12 bits per heavy atom. The summed E-state index contributed by atoms with van der Waals surface area (Å²) in [6.45, 7) is 4.93. The molecule has 1 aliphatic heterocycles. The molecule has 1 saturated heterocycles. The summed E-state index contributed by atoms with van der Waals surface area (Å²) in [4.78, 5) is 24.5. The molecule has 4 rings (SSSR count). The van der Waals surface area contributed by atoms with Crippen LogP contribution in [0.1, 0.15) is 16.2 Å². The quantitative estimate of drug-likeness (QED) is 0.766. The van der Waals surface area contributed by atoms with Crippen LogP contribution in [0.2, 0.25) is 5.02 Å². The van der Waals surface area contributed by atoms with Crippen molar-refractivity contribution in [2.24, 2.45) is 0 Å². The molecule has 1 amide bonds. The minimum absolute atomic E-state index is 0.00453. The lowest BCUT2D eigenvalue weighted by molar-refractivity contribution is 0.0747. The van der Waals surface area contributed by atoms with Crippen LogP contribution in [0.15, 0.2) is 42.5 Å². The summed E-state index contributed by atoms with van der Waals surface area (Å²) in [5.74, 6) is 0.923. The Kier molecular flexibility index (Phi) is 4.09. The standard InChI is InChI=1S/C19H19ClN4O/c1-13-21-17-7-6-14(12-18(17)22-13)23-8-10-24(11-9-23)19(25)15-4-2-3-5-16(15)20/h2-7,12H,8-11H2,1H3,(H,21,22). The van der Waals surface area contributed by atoms with Crippen LogP contribution in [0, 0.1) is 6.92 Å². The number of aromatic nitrogens is 2. The minimum Gasteiger partial charge on any atom is -0.368 e. The molecule has 1 N–H and O–H groups in total. The molecule has 2 aromatic carbocycles. The second-order valence-corrected chi connectivity index (χ2v) is 6.69. The Hall–Kier alpha value is -2.53. The van der Waals surface area contributed by atoms with Crippen molar-refractivity contribution in [3.8, 4) is 0 Å². The number of piperazine rings is 1. The van der Waals surface area contributed by atoms with Gasteiger partial charge >= 0.3 is 0 Å². The Morgan fingerprint density at radius 2 is 1.88 bits per heavy atom. The number of benzene rings is 2. The highest BCUT2D eigenvalue weighted by Gasteiger charge is 2.23. The fourth-order valence-electron chi connectivity index (χ4n) is 3.29. The smallest absolute Gasteiger partial charge is 0.255 e. The number of carbonyl (C=O) groups excluding carboxylic acids is 1. The number of anilines is 1. The van der Waals surface area contributed by atoms with Gasteiger partial charge in [0.25, 0.3) is 5.91 Å². The average molecular weight is 355 g/mol. The normalized spacial score (nSPS) is 15.0. The molecule has 1 aromatic heterocycles. The largest absolute Gasteiger partial charge is 0.368 e. The summed E-state index contributed by atoms with van der Waals surface area (Å²) in [6, 6.07) is 13.5. The van der Waals surface area contributed by atoms with Gasteiger partial charge in [-0.2, -0.15) is 0 Å². The minimum atomic E-state index is 0.00453. The summed E-state index contributed by atoms with van der Waals surface area (Å²) in [5, 5.41) is 0.509. The number of nitrogens with zero attached hydrogens (tertiary/aromatic N) is 3. The highest BCUT2D eigenvalue weighted by molar-refractivity contribution is 6.33. The van der Waals surface area contributed by atoms with E-state index in [4.69, 9.17) is 11.6 Å². The molecule has 128 valence electrons. The SMILES string of the molecule is Cc1nc2ccc(N3CCN(C(=O)c4ccccc4Cl)CC3)cc2[nH]1. The molecular weight excluding hydrogens is 336 g/mol. The predicted molar refractivity (Wildman–Crippen MR) is 100 cm³/mol. The summed E-state index contributed by atoms with van der Waals surface area (Å²) < 4.78 is 0. The topological polar surface area (TPSA) is 52.2 Å². The molecule has 0 radical (unpaired) electrons. The number of carbonyl (C=O) groups is 1. The van der Waals surface area contributed by atoms with Gasteiger partial charge in [-0.15, -0.1) is 0 Å². The Morgan fingerprint density at radius 3 is 2.64 bits per heavy atom. The number of aromatic amines is 1. The van der Waals surface area contributed by atoms with E-state index in [9.17, 15) is 4.79 Å². The monoisotopic (exact) mass is 354 g/mol.